The zero-order valence-corrected chi connectivity index (χ0v) is 17.7. The normalized spacial score (nSPS) is 15.5. The first-order chi connectivity index (χ1) is 15.5. The highest BCUT2D eigenvalue weighted by molar-refractivity contribution is 5.58. The van der Waals surface area contributed by atoms with Gasteiger partial charge in [-0.2, -0.15) is 0 Å². The van der Waals surface area contributed by atoms with Gasteiger partial charge in [0.25, 0.3) is 5.56 Å². The number of imidazole rings is 2. The summed E-state index contributed by atoms with van der Waals surface area (Å²) in [6.45, 7) is 2.52. The number of ether oxygens (including phenoxy) is 1. The number of aryl methyl sites for hydroxylation is 1. The SMILES string of the molecule is C.COc1cc(/C=c2\[nH]c3n(c2=O)C(c2ccc(F)cc2)CCN=3)ccc1-n1cnc(C)c1. The molecule has 0 amide bonds. The number of aromatic nitrogens is 4. The number of hydrogen-bond donors (Lipinski definition) is 1. The Morgan fingerprint density at radius 3 is 2.70 bits per heavy atom. The van der Waals surface area contributed by atoms with Gasteiger partial charge in [-0.15, -0.1) is 0 Å². The molecular weight excluding hydrogens is 421 g/mol. The molecule has 2 aromatic carbocycles. The molecule has 1 aliphatic heterocycles. The summed E-state index contributed by atoms with van der Waals surface area (Å²) in [4.78, 5) is 25.1. The van der Waals surface area contributed by atoms with Gasteiger partial charge in [0.15, 0.2) is 0 Å². The Morgan fingerprint density at radius 1 is 1.21 bits per heavy atom. The Hall–Kier alpha value is -3.94. The van der Waals surface area contributed by atoms with Crippen LogP contribution in [0.4, 0.5) is 4.39 Å². The van der Waals surface area contributed by atoms with Gasteiger partial charge in [0.2, 0.25) is 5.62 Å². The predicted molar refractivity (Wildman–Crippen MR) is 125 cm³/mol. The first-order valence-corrected chi connectivity index (χ1v) is 10.3. The molecule has 1 atom stereocenters. The molecule has 1 N–H and O–H groups in total. The first kappa shape index (κ1) is 22.3. The molecule has 0 bridgehead atoms. The highest BCUT2D eigenvalue weighted by Crippen LogP contribution is 2.25. The Kier molecular flexibility index (Phi) is 6.00. The smallest absolute Gasteiger partial charge is 0.277 e. The summed E-state index contributed by atoms with van der Waals surface area (Å²) in [6.07, 6.45) is 6.13. The third-order valence-corrected chi connectivity index (χ3v) is 5.66. The van der Waals surface area contributed by atoms with Crippen LogP contribution < -0.4 is 21.3 Å². The van der Waals surface area contributed by atoms with E-state index in [4.69, 9.17) is 4.74 Å². The lowest BCUT2D eigenvalue weighted by molar-refractivity contribution is 0.413. The molecular formula is C25H26FN5O2. The highest BCUT2D eigenvalue weighted by Gasteiger charge is 2.21. The summed E-state index contributed by atoms with van der Waals surface area (Å²) in [5, 5.41) is 0.436. The van der Waals surface area contributed by atoms with Gasteiger partial charge in [0, 0.05) is 12.7 Å². The van der Waals surface area contributed by atoms with Crippen molar-refractivity contribution in [3.05, 3.63) is 98.9 Å². The van der Waals surface area contributed by atoms with Crippen LogP contribution in [0.2, 0.25) is 0 Å². The minimum atomic E-state index is -0.298. The van der Waals surface area contributed by atoms with Crippen LogP contribution in [0.3, 0.4) is 0 Å². The molecule has 0 saturated heterocycles. The number of aromatic amines is 1. The standard InChI is InChI=1S/C24H22FN5O2.CH4/c1-15-13-29(14-27-15)21-8-3-16(12-22(21)32-2)11-19-23(31)30-20(9-10-26-24(30)28-19)17-4-6-18(25)7-5-17;/h3-8,11-14,20H,9-10H2,1-2H3,(H,26,28);1H4/b19-11-;. The third kappa shape index (κ3) is 4.11. The molecule has 7 nitrogen and oxygen atoms in total. The van der Waals surface area contributed by atoms with Crippen molar-refractivity contribution in [2.45, 2.75) is 26.8 Å². The fourth-order valence-electron chi connectivity index (χ4n) is 4.10. The van der Waals surface area contributed by atoms with Crippen molar-refractivity contribution in [3.8, 4) is 11.4 Å². The van der Waals surface area contributed by atoms with Crippen molar-refractivity contribution in [2.75, 3.05) is 13.7 Å². The van der Waals surface area contributed by atoms with Crippen LogP contribution in [0.25, 0.3) is 11.8 Å². The zero-order valence-electron chi connectivity index (χ0n) is 17.7. The van der Waals surface area contributed by atoms with Crippen LogP contribution in [0.1, 0.15) is 36.7 Å². The lowest BCUT2D eigenvalue weighted by Gasteiger charge is -2.20. The summed E-state index contributed by atoms with van der Waals surface area (Å²) >= 11 is 0. The minimum Gasteiger partial charge on any atom is -0.495 e. The van der Waals surface area contributed by atoms with Crippen LogP contribution in [-0.2, 0) is 0 Å². The molecule has 2 aromatic heterocycles. The van der Waals surface area contributed by atoms with E-state index in [-0.39, 0.29) is 24.8 Å². The van der Waals surface area contributed by atoms with Gasteiger partial charge in [0.1, 0.15) is 16.9 Å². The maximum absolute atomic E-state index is 13.4. The molecule has 170 valence electrons. The lowest BCUT2D eigenvalue weighted by Crippen LogP contribution is -2.37. The number of halogens is 1. The molecule has 0 radical (unpaired) electrons. The molecule has 0 saturated carbocycles. The first-order valence-electron chi connectivity index (χ1n) is 10.3. The maximum atomic E-state index is 13.4. The largest absolute Gasteiger partial charge is 0.495 e. The Bertz CT molecular complexity index is 1460. The van der Waals surface area contributed by atoms with Crippen LogP contribution in [0, 0.1) is 12.7 Å². The molecule has 5 rings (SSSR count). The second-order valence-electron chi connectivity index (χ2n) is 7.77. The van der Waals surface area contributed by atoms with Crippen molar-refractivity contribution < 1.29 is 9.13 Å². The Balaban J connectivity index is 0.00000259. The number of hydrogen-bond acceptors (Lipinski definition) is 4. The monoisotopic (exact) mass is 447 g/mol. The van der Waals surface area contributed by atoms with Crippen molar-refractivity contribution in [2.24, 2.45) is 4.99 Å². The van der Waals surface area contributed by atoms with Crippen LogP contribution >= 0.6 is 0 Å². The number of H-pyrrole nitrogens is 1. The highest BCUT2D eigenvalue weighted by atomic mass is 19.1. The van der Waals surface area contributed by atoms with Gasteiger partial charge in [0.05, 0.1) is 30.9 Å². The second-order valence-corrected chi connectivity index (χ2v) is 7.77. The van der Waals surface area contributed by atoms with E-state index < -0.39 is 0 Å². The Labute approximate surface area is 190 Å². The molecule has 0 fully saturated rings. The summed E-state index contributed by atoms with van der Waals surface area (Å²) in [6, 6.07) is 11.8. The minimum absolute atomic E-state index is 0. The predicted octanol–water partition coefficient (Wildman–Crippen LogP) is 2.90. The molecule has 0 spiro atoms. The van der Waals surface area contributed by atoms with Crippen molar-refractivity contribution in [1.29, 1.82) is 0 Å². The molecule has 8 heteroatoms. The van der Waals surface area contributed by atoms with E-state index in [0.29, 0.717) is 29.7 Å². The van der Waals surface area contributed by atoms with Crippen molar-refractivity contribution in [3.63, 3.8) is 0 Å². The fourth-order valence-corrected chi connectivity index (χ4v) is 4.10. The summed E-state index contributed by atoms with van der Waals surface area (Å²) in [5.74, 6) is 0.370. The fraction of sp³-hybridized carbons (Fsp3) is 0.240. The van der Waals surface area contributed by atoms with E-state index in [1.54, 1.807) is 36.2 Å². The average Bonchev–Trinajstić information content (AvgIpc) is 3.37. The van der Waals surface area contributed by atoms with Gasteiger partial charge in [-0.3, -0.25) is 14.4 Å². The molecule has 1 aliphatic rings. The van der Waals surface area contributed by atoms with E-state index in [1.165, 1.54) is 12.1 Å². The second kappa shape index (κ2) is 8.90. The summed E-state index contributed by atoms with van der Waals surface area (Å²) < 4.78 is 22.5. The number of rotatable bonds is 4. The number of nitrogens with zero attached hydrogens (tertiary/aromatic N) is 4. The number of fused-ring (bicyclic) bond motifs is 1. The van der Waals surface area contributed by atoms with Gasteiger partial charge in [-0.25, -0.2) is 9.37 Å². The topological polar surface area (TPSA) is 77.2 Å². The van der Waals surface area contributed by atoms with E-state index in [2.05, 4.69) is 15.0 Å². The molecule has 33 heavy (non-hydrogen) atoms. The number of nitrogens with one attached hydrogen (secondary N) is 1. The van der Waals surface area contributed by atoms with Crippen LogP contribution in [-0.4, -0.2) is 32.8 Å². The maximum Gasteiger partial charge on any atom is 0.277 e. The van der Waals surface area contributed by atoms with Gasteiger partial charge < -0.3 is 14.3 Å². The molecule has 3 heterocycles. The van der Waals surface area contributed by atoms with Crippen molar-refractivity contribution >= 4 is 6.08 Å². The van der Waals surface area contributed by atoms with E-state index >= 15 is 0 Å². The van der Waals surface area contributed by atoms with E-state index in [0.717, 1.165) is 22.5 Å². The van der Waals surface area contributed by atoms with E-state index in [9.17, 15) is 9.18 Å². The number of methoxy groups -OCH3 is 1. The average molecular weight is 448 g/mol. The molecule has 0 aliphatic carbocycles. The quantitative estimate of drug-likeness (QED) is 0.523. The van der Waals surface area contributed by atoms with Crippen LogP contribution in [0.5, 0.6) is 5.75 Å². The zero-order chi connectivity index (χ0) is 22.2. The summed E-state index contributed by atoms with van der Waals surface area (Å²) in [5.41, 5.74) is 3.84. The lowest BCUT2D eigenvalue weighted by atomic mass is 10.0. The number of benzene rings is 2. The van der Waals surface area contributed by atoms with Crippen molar-refractivity contribution in [1.82, 2.24) is 19.1 Å². The van der Waals surface area contributed by atoms with E-state index in [1.807, 2.05) is 35.9 Å². The third-order valence-electron chi connectivity index (χ3n) is 5.66. The van der Waals surface area contributed by atoms with Gasteiger partial charge in [-0.1, -0.05) is 25.6 Å². The molecule has 4 aromatic rings. The van der Waals surface area contributed by atoms with Gasteiger partial charge >= 0.3 is 0 Å². The van der Waals surface area contributed by atoms with Crippen LogP contribution in [0.15, 0.2) is 64.8 Å². The molecule has 1 unspecified atom stereocenters. The Morgan fingerprint density at radius 2 is 2.00 bits per heavy atom. The van der Waals surface area contributed by atoms with Gasteiger partial charge in [-0.05, 0) is 54.8 Å². The summed E-state index contributed by atoms with van der Waals surface area (Å²) in [7, 11) is 1.61.